The quantitative estimate of drug-likeness (QED) is 0.792. The molecule has 1 amide bonds. The smallest absolute Gasteiger partial charge is 0.262 e. The number of rotatable bonds is 5. The zero-order valence-corrected chi connectivity index (χ0v) is 11.4. The minimum absolute atomic E-state index is 0.0909. The Balaban J connectivity index is 1.98. The van der Waals surface area contributed by atoms with Gasteiger partial charge in [-0.25, -0.2) is 0 Å². The van der Waals surface area contributed by atoms with Crippen molar-refractivity contribution in [1.29, 1.82) is 0 Å². The Labute approximate surface area is 113 Å². The topological polar surface area (TPSA) is 41.6 Å². The van der Waals surface area contributed by atoms with Crippen molar-refractivity contribution in [3.05, 3.63) is 23.8 Å². The third-order valence-corrected chi connectivity index (χ3v) is 3.14. The molecule has 2 rings (SSSR count). The van der Waals surface area contributed by atoms with Crippen LogP contribution in [0.2, 0.25) is 0 Å². The van der Waals surface area contributed by atoms with E-state index in [1.54, 1.807) is 0 Å². The number of ether oxygens (including phenoxy) is 1. The standard InChI is InChI=1S/C13H18N2O2S/c1-15(6-7-18)5-4-10-2-3-12-11(8-10)14-13(16)9-17-12/h2-3,8,18H,4-7,9H2,1H3,(H,14,16). The average molecular weight is 266 g/mol. The molecule has 1 N–H and O–H groups in total. The molecule has 5 heteroatoms. The summed E-state index contributed by atoms with van der Waals surface area (Å²) in [5.41, 5.74) is 1.98. The lowest BCUT2D eigenvalue weighted by Crippen LogP contribution is -2.26. The monoisotopic (exact) mass is 266 g/mol. The SMILES string of the molecule is CN(CCS)CCc1ccc2c(c1)NC(=O)CO2. The average Bonchev–Trinajstić information content (AvgIpc) is 2.36. The molecule has 1 aromatic rings. The van der Waals surface area contributed by atoms with Crippen molar-refractivity contribution < 1.29 is 9.53 Å². The highest BCUT2D eigenvalue weighted by molar-refractivity contribution is 7.80. The second-order valence-corrected chi connectivity index (χ2v) is 4.89. The number of fused-ring (bicyclic) bond motifs is 1. The molecule has 0 unspecified atom stereocenters. The first kappa shape index (κ1) is 13.2. The fraction of sp³-hybridized carbons (Fsp3) is 0.462. The number of likely N-dealkylation sites (N-methyl/N-ethyl adjacent to an activating group) is 1. The van der Waals surface area contributed by atoms with Crippen LogP contribution in [0, 0.1) is 0 Å². The second-order valence-electron chi connectivity index (χ2n) is 4.44. The van der Waals surface area contributed by atoms with Crippen LogP contribution in [-0.4, -0.2) is 43.3 Å². The van der Waals surface area contributed by atoms with Gasteiger partial charge in [0.25, 0.3) is 5.91 Å². The van der Waals surface area contributed by atoms with Gasteiger partial charge in [0.1, 0.15) is 5.75 Å². The number of amides is 1. The fourth-order valence-corrected chi connectivity index (χ4v) is 2.23. The van der Waals surface area contributed by atoms with E-state index in [2.05, 4.69) is 29.9 Å². The van der Waals surface area contributed by atoms with E-state index < -0.39 is 0 Å². The number of carbonyl (C=O) groups excluding carboxylic acids is 1. The molecule has 18 heavy (non-hydrogen) atoms. The molecule has 0 radical (unpaired) electrons. The molecule has 0 atom stereocenters. The lowest BCUT2D eigenvalue weighted by molar-refractivity contribution is -0.118. The molecule has 0 fully saturated rings. The molecule has 0 aliphatic carbocycles. The van der Waals surface area contributed by atoms with Crippen LogP contribution in [0.15, 0.2) is 18.2 Å². The molecule has 4 nitrogen and oxygen atoms in total. The molecule has 0 bridgehead atoms. The van der Waals surface area contributed by atoms with Crippen LogP contribution >= 0.6 is 12.6 Å². The summed E-state index contributed by atoms with van der Waals surface area (Å²) < 4.78 is 5.32. The Morgan fingerprint density at radius 2 is 2.28 bits per heavy atom. The third-order valence-electron chi connectivity index (χ3n) is 2.94. The molecule has 0 saturated carbocycles. The van der Waals surface area contributed by atoms with E-state index in [0.29, 0.717) is 0 Å². The summed E-state index contributed by atoms with van der Waals surface area (Å²) in [6, 6.07) is 5.95. The molecule has 98 valence electrons. The molecular weight excluding hydrogens is 248 g/mol. The van der Waals surface area contributed by atoms with E-state index >= 15 is 0 Å². The van der Waals surface area contributed by atoms with Crippen LogP contribution in [0.3, 0.4) is 0 Å². The number of nitrogens with one attached hydrogen (secondary N) is 1. The van der Waals surface area contributed by atoms with Crippen LogP contribution in [0.4, 0.5) is 5.69 Å². The Morgan fingerprint density at radius 1 is 1.44 bits per heavy atom. The maximum Gasteiger partial charge on any atom is 0.262 e. The van der Waals surface area contributed by atoms with Crippen molar-refractivity contribution >= 4 is 24.2 Å². The lowest BCUT2D eigenvalue weighted by atomic mass is 10.1. The molecule has 0 spiro atoms. The first-order valence-electron chi connectivity index (χ1n) is 6.04. The first-order chi connectivity index (χ1) is 8.69. The number of hydrogen-bond donors (Lipinski definition) is 2. The Bertz CT molecular complexity index is 437. The number of thiol groups is 1. The number of benzene rings is 1. The summed E-state index contributed by atoms with van der Waals surface area (Å²) in [6.45, 7) is 2.07. The highest BCUT2D eigenvalue weighted by Crippen LogP contribution is 2.28. The normalized spacial score (nSPS) is 14.1. The number of anilines is 1. The van der Waals surface area contributed by atoms with Gasteiger partial charge in [-0.3, -0.25) is 4.79 Å². The molecular formula is C13H18N2O2S. The lowest BCUT2D eigenvalue weighted by Gasteiger charge is -2.19. The van der Waals surface area contributed by atoms with Crippen molar-refractivity contribution in [1.82, 2.24) is 4.90 Å². The number of hydrogen-bond acceptors (Lipinski definition) is 4. The van der Waals surface area contributed by atoms with E-state index in [1.165, 1.54) is 5.56 Å². The summed E-state index contributed by atoms with van der Waals surface area (Å²) in [7, 11) is 2.08. The van der Waals surface area contributed by atoms with Crippen molar-refractivity contribution in [2.75, 3.05) is 37.8 Å². The fourth-order valence-electron chi connectivity index (χ4n) is 1.89. The van der Waals surface area contributed by atoms with Crippen LogP contribution in [0.5, 0.6) is 5.75 Å². The van der Waals surface area contributed by atoms with Gasteiger partial charge in [0, 0.05) is 18.8 Å². The predicted octanol–water partition coefficient (Wildman–Crippen LogP) is 1.42. The summed E-state index contributed by atoms with van der Waals surface area (Å²) in [6.07, 6.45) is 0.952. The zero-order valence-electron chi connectivity index (χ0n) is 10.5. The summed E-state index contributed by atoms with van der Waals surface area (Å²) in [5, 5.41) is 2.82. The first-order valence-corrected chi connectivity index (χ1v) is 6.67. The molecule has 1 aromatic carbocycles. The Morgan fingerprint density at radius 3 is 3.06 bits per heavy atom. The van der Waals surface area contributed by atoms with Crippen LogP contribution in [0.25, 0.3) is 0 Å². The van der Waals surface area contributed by atoms with Gasteiger partial charge in [0.05, 0.1) is 5.69 Å². The van der Waals surface area contributed by atoms with E-state index in [4.69, 9.17) is 4.74 Å². The van der Waals surface area contributed by atoms with E-state index in [0.717, 1.165) is 36.7 Å². The third kappa shape index (κ3) is 3.40. The van der Waals surface area contributed by atoms with Crippen molar-refractivity contribution in [3.8, 4) is 5.75 Å². The van der Waals surface area contributed by atoms with Crippen LogP contribution in [-0.2, 0) is 11.2 Å². The van der Waals surface area contributed by atoms with Crippen molar-refractivity contribution in [3.63, 3.8) is 0 Å². The van der Waals surface area contributed by atoms with E-state index in [1.807, 2.05) is 18.2 Å². The predicted molar refractivity (Wildman–Crippen MR) is 75.6 cm³/mol. The maximum absolute atomic E-state index is 11.2. The Hall–Kier alpha value is -1.20. The summed E-state index contributed by atoms with van der Waals surface area (Å²) >= 11 is 4.21. The van der Waals surface area contributed by atoms with Gasteiger partial charge in [0.15, 0.2) is 6.61 Å². The van der Waals surface area contributed by atoms with Gasteiger partial charge in [-0.05, 0) is 31.2 Å². The number of nitrogens with zero attached hydrogens (tertiary/aromatic N) is 1. The van der Waals surface area contributed by atoms with Crippen LogP contribution in [0.1, 0.15) is 5.56 Å². The second kappa shape index (κ2) is 6.11. The Kier molecular flexibility index (Phi) is 4.49. The highest BCUT2D eigenvalue weighted by Gasteiger charge is 2.15. The summed E-state index contributed by atoms with van der Waals surface area (Å²) in [4.78, 5) is 13.5. The zero-order chi connectivity index (χ0) is 13.0. The van der Waals surface area contributed by atoms with Gasteiger partial charge in [-0.15, -0.1) is 0 Å². The van der Waals surface area contributed by atoms with Crippen molar-refractivity contribution in [2.24, 2.45) is 0 Å². The van der Waals surface area contributed by atoms with Gasteiger partial charge in [-0.1, -0.05) is 6.07 Å². The largest absolute Gasteiger partial charge is 0.482 e. The summed E-state index contributed by atoms with van der Waals surface area (Å²) in [5.74, 6) is 1.53. The molecule has 1 heterocycles. The van der Waals surface area contributed by atoms with E-state index in [9.17, 15) is 4.79 Å². The number of carbonyl (C=O) groups is 1. The van der Waals surface area contributed by atoms with Gasteiger partial charge < -0.3 is 15.0 Å². The van der Waals surface area contributed by atoms with Crippen LogP contribution < -0.4 is 10.1 Å². The van der Waals surface area contributed by atoms with Gasteiger partial charge in [-0.2, -0.15) is 12.6 Å². The molecule has 0 saturated heterocycles. The minimum atomic E-state index is -0.0909. The highest BCUT2D eigenvalue weighted by atomic mass is 32.1. The molecule has 0 aromatic heterocycles. The molecule has 1 aliphatic rings. The maximum atomic E-state index is 11.2. The van der Waals surface area contributed by atoms with Gasteiger partial charge >= 0.3 is 0 Å². The minimum Gasteiger partial charge on any atom is -0.482 e. The van der Waals surface area contributed by atoms with E-state index in [-0.39, 0.29) is 12.5 Å². The molecule has 1 aliphatic heterocycles. The van der Waals surface area contributed by atoms with Crippen molar-refractivity contribution in [2.45, 2.75) is 6.42 Å². The van der Waals surface area contributed by atoms with Gasteiger partial charge in [0.2, 0.25) is 0 Å².